The molecule has 0 spiro atoms. The molecule has 1 aliphatic rings. The third kappa shape index (κ3) is 2.29. The van der Waals surface area contributed by atoms with Crippen molar-refractivity contribution in [2.45, 2.75) is 25.7 Å². The van der Waals surface area contributed by atoms with Gasteiger partial charge in [-0.2, -0.15) is 4.98 Å². The van der Waals surface area contributed by atoms with Gasteiger partial charge in [-0.3, -0.25) is 0 Å². The van der Waals surface area contributed by atoms with E-state index in [9.17, 15) is 0 Å². The molecule has 1 saturated carbocycles. The summed E-state index contributed by atoms with van der Waals surface area (Å²) in [7, 11) is 0. The molecule has 23 heavy (non-hydrogen) atoms. The van der Waals surface area contributed by atoms with Crippen molar-refractivity contribution in [2.24, 2.45) is 5.41 Å². The molecule has 2 N–H and O–H groups in total. The molecule has 2 aromatic heterocycles. The molecule has 5 heteroatoms. The van der Waals surface area contributed by atoms with Crippen molar-refractivity contribution in [1.82, 2.24) is 15.1 Å². The molecule has 0 aliphatic heterocycles. The lowest BCUT2D eigenvalue weighted by molar-refractivity contribution is 0.368. The lowest BCUT2D eigenvalue weighted by atomic mass is 10.0. The van der Waals surface area contributed by atoms with Crippen LogP contribution in [-0.2, 0) is 0 Å². The Balaban J connectivity index is 1.63. The standard InChI is InChI=1S/C18H18N4O/c1-18(2)14(11-6-4-3-5-7-11)15(18)17-21-16(22-23-17)12-8-9-13(19)20-10-12/h3-10,14-15H,1-2H3,(H2,19,20)/t14-,15+/m1/s1. The van der Waals surface area contributed by atoms with E-state index in [2.05, 4.69) is 53.2 Å². The molecule has 1 fully saturated rings. The minimum atomic E-state index is 0.116. The number of nitrogens with zero attached hydrogens (tertiary/aromatic N) is 3. The highest BCUT2D eigenvalue weighted by Gasteiger charge is 2.61. The second-order valence-electron chi connectivity index (χ2n) is 6.62. The lowest BCUT2D eigenvalue weighted by Gasteiger charge is -2.01. The predicted molar refractivity (Wildman–Crippen MR) is 87.6 cm³/mol. The summed E-state index contributed by atoms with van der Waals surface area (Å²) in [5.74, 6) is 2.37. The molecular formula is C18H18N4O. The van der Waals surface area contributed by atoms with Crippen LogP contribution in [-0.4, -0.2) is 15.1 Å². The van der Waals surface area contributed by atoms with E-state index in [1.54, 1.807) is 12.3 Å². The molecule has 116 valence electrons. The van der Waals surface area contributed by atoms with Gasteiger partial charge in [-0.15, -0.1) is 0 Å². The molecule has 1 aromatic carbocycles. The zero-order valence-corrected chi connectivity index (χ0v) is 13.1. The number of nitrogen functional groups attached to an aromatic ring is 1. The highest BCUT2D eigenvalue weighted by atomic mass is 16.5. The molecule has 4 rings (SSSR count). The van der Waals surface area contributed by atoms with E-state index < -0.39 is 0 Å². The maximum atomic E-state index is 5.61. The fourth-order valence-corrected chi connectivity index (χ4v) is 3.40. The average Bonchev–Trinajstić information content (AvgIpc) is 2.91. The van der Waals surface area contributed by atoms with E-state index in [1.165, 1.54) is 5.56 Å². The number of anilines is 1. The van der Waals surface area contributed by atoms with Gasteiger partial charge in [0.25, 0.3) is 0 Å². The first-order chi connectivity index (χ1) is 11.1. The van der Waals surface area contributed by atoms with Crippen molar-refractivity contribution in [1.29, 1.82) is 0 Å². The molecule has 1 aliphatic carbocycles. The molecule has 5 nitrogen and oxygen atoms in total. The van der Waals surface area contributed by atoms with Gasteiger partial charge in [0.2, 0.25) is 11.7 Å². The van der Waals surface area contributed by atoms with E-state index in [-0.39, 0.29) is 11.3 Å². The van der Waals surface area contributed by atoms with Gasteiger partial charge in [0.05, 0.1) is 5.92 Å². The van der Waals surface area contributed by atoms with Crippen LogP contribution in [0.3, 0.4) is 0 Å². The van der Waals surface area contributed by atoms with Gasteiger partial charge in [0.1, 0.15) is 5.82 Å². The number of aromatic nitrogens is 3. The van der Waals surface area contributed by atoms with E-state index in [4.69, 9.17) is 10.3 Å². The van der Waals surface area contributed by atoms with Crippen molar-refractivity contribution < 1.29 is 4.52 Å². The molecule has 0 saturated heterocycles. The summed E-state index contributed by atoms with van der Waals surface area (Å²) in [6, 6.07) is 14.1. The van der Waals surface area contributed by atoms with Gasteiger partial charge in [0, 0.05) is 17.7 Å². The summed E-state index contributed by atoms with van der Waals surface area (Å²) in [5.41, 5.74) is 7.85. The fourth-order valence-electron chi connectivity index (χ4n) is 3.40. The van der Waals surface area contributed by atoms with Crippen LogP contribution in [0.15, 0.2) is 53.2 Å². The van der Waals surface area contributed by atoms with Crippen molar-refractivity contribution >= 4 is 5.82 Å². The van der Waals surface area contributed by atoms with Gasteiger partial charge in [-0.25, -0.2) is 4.98 Å². The Bertz CT molecular complexity index is 824. The Morgan fingerprint density at radius 1 is 1.04 bits per heavy atom. The van der Waals surface area contributed by atoms with Gasteiger partial charge in [0.15, 0.2) is 0 Å². The Kier molecular flexibility index (Phi) is 2.98. The molecule has 0 amide bonds. The summed E-state index contributed by atoms with van der Waals surface area (Å²) in [5, 5.41) is 4.10. The van der Waals surface area contributed by atoms with Crippen LogP contribution < -0.4 is 5.73 Å². The molecule has 0 unspecified atom stereocenters. The van der Waals surface area contributed by atoms with Crippen molar-refractivity contribution in [2.75, 3.05) is 5.73 Å². The smallest absolute Gasteiger partial charge is 0.231 e. The largest absolute Gasteiger partial charge is 0.384 e. The topological polar surface area (TPSA) is 77.8 Å². The Morgan fingerprint density at radius 2 is 1.83 bits per heavy atom. The predicted octanol–water partition coefficient (Wildman–Crippen LogP) is 3.62. The van der Waals surface area contributed by atoms with Gasteiger partial charge < -0.3 is 10.3 Å². The Labute approximate surface area is 134 Å². The minimum Gasteiger partial charge on any atom is -0.384 e. The first kappa shape index (κ1) is 13.9. The summed E-state index contributed by atoms with van der Waals surface area (Å²) < 4.78 is 5.54. The number of pyridine rings is 1. The van der Waals surface area contributed by atoms with Gasteiger partial charge >= 0.3 is 0 Å². The van der Waals surface area contributed by atoms with E-state index in [0.29, 0.717) is 23.5 Å². The fraction of sp³-hybridized carbons (Fsp3) is 0.278. The zero-order chi connectivity index (χ0) is 16.0. The van der Waals surface area contributed by atoms with Gasteiger partial charge in [-0.1, -0.05) is 49.3 Å². The quantitative estimate of drug-likeness (QED) is 0.799. The van der Waals surface area contributed by atoms with E-state index >= 15 is 0 Å². The SMILES string of the molecule is CC1(C)[C@H](c2ccccc2)[C@H]1c1nc(-c2ccc(N)nc2)no1. The normalized spacial score (nSPS) is 22.0. The number of benzene rings is 1. The van der Waals surface area contributed by atoms with E-state index in [0.717, 1.165) is 5.56 Å². The Morgan fingerprint density at radius 3 is 2.52 bits per heavy atom. The number of hydrogen-bond donors (Lipinski definition) is 1. The third-order valence-corrected chi connectivity index (χ3v) is 4.74. The molecule has 3 aromatic rings. The monoisotopic (exact) mass is 306 g/mol. The van der Waals surface area contributed by atoms with Crippen LogP contribution in [0, 0.1) is 5.41 Å². The van der Waals surface area contributed by atoms with Crippen LogP contribution in [0.1, 0.15) is 37.1 Å². The maximum absolute atomic E-state index is 5.61. The minimum absolute atomic E-state index is 0.116. The average molecular weight is 306 g/mol. The van der Waals surface area contributed by atoms with Crippen LogP contribution in [0.25, 0.3) is 11.4 Å². The van der Waals surface area contributed by atoms with Crippen LogP contribution in [0.4, 0.5) is 5.82 Å². The van der Waals surface area contributed by atoms with Crippen molar-refractivity contribution in [3.8, 4) is 11.4 Å². The second-order valence-corrected chi connectivity index (χ2v) is 6.62. The highest BCUT2D eigenvalue weighted by Crippen LogP contribution is 2.69. The highest BCUT2D eigenvalue weighted by molar-refractivity contribution is 5.55. The number of hydrogen-bond acceptors (Lipinski definition) is 5. The summed E-state index contributed by atoms with van der Waals surface area (Å²) in [6.07, 6.45) is 1.66. The zero-order valence-electron chi connectivity index (χ0n) is 13.1. The number of nitrogens with two attached hydrogens (primary N) is 1. The summed E-state index contributed by atoms with van der Waals surface area (Å²) in [6.45, 7) is 4.48. The summed E-state index contributed by atoms with van der Waals surface area (Å²) >= 11 is 0. The summed E-state index contributed by atoms with van der Waals surface area (Å²) in [4.78, 5) is 8.66. The molecule has 2 atom stereocenters. The first-order valence-electron chi connectivity index (χ1n) is 7.68. The van der Waals surface area contributed by atoms with Crippen LogP contribution in [0.2, 0.25) is 0 Å². The number of rotatable bonds is 3. The third-order valence-electron chi connectivity index (χ3n) is 4.74. The molecular weight excluding hydrogens is 288 g/mol. The van der Waals surface area contributed by atoms with Crippen LogP contribution >= 0.6 is 0 Å². The lowest BCUT2D eigenvalue weighted by Crippen LogP contribution is -1.91. The first-order valence-corrected chi connectivity index (χ1v) is 7.68. The maximum Gasteiger partial charge on any atom is 0.231 e. The molecule has 0 radical (unpaired) electrons. The van der Waals surface area contributed by atoms with Crippen LogP contribution in [0.5, 0.6) is 0 Å². The molecule has 0 bridgehead atoms. The van der Waals surface area contributed by atoms with Crippen molar-refractivity contribution in [3.63, 3.8) is 0 Å². The molecule has 2 heterocycles. The van der Waals surface area contributed by atoms with Crippen molar-refractivity contribution in [3.05, 3.63) is 60.1 Å². The van der Waals surface area contributed by atoms with Gasteiger partial charge in [-0.05, 0) is 23.1 Å². The Hall–Kier alpha value is -2.69. The second kappa shape index (κ2) is 4.91. The van der Waals surface area contributed by atoms with E-state index in [1.807, 2.05) is 12.1 Å².